The van der Waals surface area contributed by atoms with Crippen molar-refractivity contribution in [3.63, 3.8) is 0 Å². The number of methoxy groups -OCH3 is 1. The third kappa shape index (κ3) is 2.21. The summed E-state index contributed by atoms with van der Waals surface area (Å²) in [5, 5.41) is 1.92. The Morgan fingerprint density at radius 3 is 3.10 bits per heavy atom. The summed E-state index contributed by atoms with van der Waals surface area (Å²) in [6.07, 6.45) is 3.03. The smallest absolute Gasteiger partial charge is 0.279 e. The minimum atomic E-state index is -0.157. The van der Waals surface area contributed by atoms with Gasteiger partial charge in [0, 0.05) is 7.11 Å². The van der Waals surface area contributed by atoms with Gasteiger partial charge in [0.05, 0.1) is 24.2 Å². The molecule has 0 radical (unpaired) electrons. The van der Waals surface area contributed by atoms with Crippen molar-refractivity contribution in [2.24, 2.45) is 0 Å². The maximum Gasteiger partial charge on any atom is 0.279 e. The van der Waals surface area contributed by atoms with E-state index in [0.717, 1.165) is 4.88 Å². The van der Waals surface area contributed by atoms with Crippen molar-refractivity contribution in [3.05, 3.63) is 40.4 Å². The Hall–Kier alpha value is -2.12. The Kier molecular flexibility index (Phi) is 3.53. The van der Waals surface area contributed by atoms with Crippen LogP contribution in [0.4, 0.5) is 0 Å². The molecule has 3 rings (SSSR count). The largest absolute Gasteiger partial charge is 0.383 e. The zero-order valence-electron chi connectivity index (χ0n) is 10.8. The maximum absolute atomic E-state index is 12.6. The highest BCUT2D eigenvalue weighted by Gasteiger charge is 2.14. The first-order valence-corrected chi connectivity index (χ1v) is 6.92. The SMILES string of the molecule is COCCn1c(=O)c(-c2cccs2)nc2cncnc21. The molecular formula is C13H12N4O2S. The second kappa shape index (κ2) is 5.48. The molecule has 0 saturated carbocycles. The number of nitrogens with zero attached hydrogens (tertiary/aromatic N) is 4. The van der Waals surface area contributed by atoms with Gasteiger partial charge in [-0.1, -0.05) is 6.07 Å². The summed E-state index contributed by atoms with van der Waals surface area (Å²) in [4.78, 5) is 25.9. The minimum Gasteiger partial charge on any atom is -0.383 e. The number of hydrogen-bond acceptors (Lipinski definition) is 6. The summed E-state index contributed by atoms with van der Waals surface area (Å²) < 4.78 is 6.65. The topological polar surface area (TPSA) is 69.9 Å². The van der Waals surface area contributed by atoms with Crippen LogP contribution >= 0.6 is 11.3 Å². The second-order valence-corrected chi connectivity index (χ2v) is 5.07. The summed E-state index contributed by atoms with van der Waals surface area (Å²) in [6, 6.07) is 3.77. The Morgan fingerprint density at radius 2 is 2.35 bits per heavy atom. The fourth-order valence-electron chi connectivity index (χ4n) is 1.96. The normalized spacial score (nSPS) is 11.1. The highest BCUT2D eigenvalue weighted by atomic mass is 32.1. The van der Waals surface area contributed by atoms with Crippen LogP contribution in [-0.2, 0) is 11.3 Å². The van der Waals surface area contributed by atoms with Gasteiger partial charge in [-0.25, -0.2) is 15.0 Å². The molecule has 0 fully saturated rings. The fourth-order valence-corrected chi connectivity index (χ4v) is 2.66. The van der Waals surface area contributed by atoms with Crippen LogP contribution in [0, 0.1) is 0 Å². The van der Waals surface area contributed by atoms with Gasteiger partial charge in [-0.05, 0) is 11.4 Å². The molecule has 20 heavy (non-hydrogen) atoms. The van der Waals surface area contributed by atoms with Crippen LogP contribution in [0.2, 0.25) is 0 Å². The van der Waals surface area contributed by atoms with Crippen molar-refractivity contribution in [2.45, 2.75) is 6.54 Å². The van der Waals surface area contributed by atoms with Crippen molar-refractivity contribution < 1.29 is 4.74 Å². The molecule has 0 aliphatic heterocycles. The number of thiophene rings is 1. The standard InChI is InChI=1S/C13H12N4O2S/c1-19-5-4-17-12-9(7-14-8-15-12)16-11(13(17)18)10-3-2-6-20-10/h2-3,6-8H,4-5H2,1H3. The average Bonchev–Trinajstić information content (AvgIpc) is 3.00. The van der Waals surface area contributed by atoms with Gasteiger partial charge in [0.1, 0.15) is 17.5 Å². The minimum absolute atomic E-state index is 0.157. The molecule has 0 spiro atoms. The lowest BCUT2D eigenvalue weighted by Crippen LogP contribution is -2.26. The first-order chi connectivity index (χ1) is 9.81. The zero-order chi connectivity index (χ0) is 13.9. The van der Waals surface area contributed by atoms with E-state index in [1.54, 1.807) is 17.9 Å². The molecule has 0 N–H and O–H groups in total. The van der Waals surface area contributed by atoms with E-state index in [1.807, 2.05) is 17.5 Å². The number of aromatic nitrogens is 4. The van der Waals surface area contributed by atoms with Gasteiger partial charge in [-0.15, -0.1) is 11.3 Å². The van der Waals surface area contributed by atoms with Crippen molar-refractivity contribution in [1.82, 2.24) is 19.5 Å². The van der Waals surface area contributed by atoms with Gasteiger partial charge in [0.15, 0.2) is 5.65 Å². The Bertz CT molecular complexity index is 783. The Morgan fingerprint density at radius 1 is 1.45 bits per heavy atom. The van der Waals surface area contributed by atoms with E-state index in [1.165, 1.54) is 17.7 Å². The lowest BCUT2D eigenvalue weighted by molar-refractivity contribution is 0.187. The maximum atomic E-state index is 12.6. The van der Waals surface area contributed by atoms with Crippen molar-refractivity contribution >= 4 is 22.5 Å². The molecule has 3 aromatic heterocycles. The highest BCUT2D eigenvalue weighted by molar-refractivity contribution is 7.13. The van der Waals surface area contributed by atoms with E-state index in [9.17, 15) is 4.79 Å². The van der Waals surface area contributed by atoms with Gasteiger partial charge in [0.2, 0.25) is 0 Å². The summed E-state index contributed by atoms with van der Waals surface area (Å²) in [7, 11) is 1.60. The Balaban J connectivity index is 2.27. The molecule has 0 bridgehead atoms. The molecule has 3 heterocycles. The third-order valence-corrected chi connectivity index (χ3v) is 3.76. The lowest BCUT2D eigenvalue weighted by Gasteiger charge is -2.09. The molecule has 102 valence electrons. The first-order valence-electron chi connectivity index (χ1n) is 6.04. The highest BCUT2D eigenvalue weighted by Crippen LogP contribution is 2.21. The molecule has 0 aliphatic carbocycles. The number of fused-ring (bicyclic) bond motifs is 1. The van der Waals surface area contributed by atoms with E-state index in [-0.39, 0.29) is 5.56 Å². The van der Waals surface area contributed by atoms with Crippen molar-refractivity contribution in [3.8, 4) is 10.6 Å². The third-order valence-electron chi connectivity index (χ3n) is 2.88. The molecule has 3 aromatic rings. The van der Waals surface area contributed by atoms with E-state index in [4.69, 9.17) is 4.74 Å². The molecule has 0 unspecified atom stereocenters. The van der Waals surface area contributed by atoms with E-state index >= 15 is 0 Å². The van der Waals surface area contributed by atoms with E-state index in [2.05, 4.69) is 15.0 Å². The fraction of sp³-hybridized carbons (Fsp3) is 0.231. The van der Waals surface area contributed by atoms with Crippen LogP contribution in [0.3, 0.4) is 0 Å². The average molecular weight is 288 g/mol. The molecule has 0 atom stereocenters. The summed E-state index contributed by atoms with van der Waals surface area (Å²) in [6.45, 7) is 0.872. The second-order valence-electron chi connectivity index (χ2n) is 4.12. The van der Waals surface area contributed by atoms with Crippen molar-refractivity contribution in [2.75, 3.05) is 13.7 Å². The van der Waals surface area contributed by atoms with Crippen LogP contribution in [0.1, 0.15) is 0 Å². The summed E-state index contributed by atoms with van der Waals surface area (Å²) in [5.41, 5.74) is 1.41. The summed E-state index contributed by atoms with van der Waals surface area (Å²) in [5.74, 6) is 0. The van der Waals surface area contributed by atoms with Crippen molar-refractivity contribution in [1.29, 1.82) is 0 Å². The first kappa shape index (κ1) is 12.9. The lowest BCUT2D eigenvalue weighted by atomic mass is 10.3. The predicted molar refractivity (Wildman–Crippen MR) is 76.8 cm³/mol. The van der Waals surface area contributed by atoms with E-state index in [0.29, 0.717) is 30.0 Å². The number of hydrogen-bond donors (Lipinski definition) is 0. The quantitative estimate of drug-likeness (QED) is 0.728. The van der Waals surface area contributed by atoms with Gasteiger partial charge in [-0.3, -0.25) is 9.36 Å². The molecule has 6 nitrogen and oxygen atoms in total. The predicted octanol–water partition coefficient (Wildman–Crippen LogP) is 1.56. The molecule has 0 aromatic carbocycles. The van der Waals surface area contributed by atoms with Gasteiger partial charge < -0.3 is 4.74 Å². The monoisotopic (exact) mass is 288 g/mol. The van der Waals surface area contributed by atoms with Crippen LogP contribution in [-0.4, -0.2) is 33.2 Å². The van der Waals surface area contributed by atoms with Gasteiger partial charge in [0.25, 0.3) is 5.56 Å². The van der Waals surface area contributed by atoms with Gasteiger partial charge >= 0.3 is 0 Å². The molecule has 7 heteroatoms. The number of rotatable bonds is 4. The van der Waals surface area contributed by atoms with Crippen LogP contribution in [0.25, 0.3) is 21.7 Å². The molecule has 0 aliphatic rings. The number of ether oxygens (including phenoxy) is 1. The zero-order valence-corrected chi connectivity index (χ0v) is 11.6. The Labute approximate surface area is 118 Å². The van der Waals surface area contributed by atoms with Crippen LogP contribution in [0.15, 0.2) is 34.8 Å². The van der Waals surface area contributed by atoms with Gasteiger partial charge in [-0.2, -0.15) is 0 Å². The molecule has 0 saturated heterocycles. The molecule has 0 amide bonds. The van der Waals surface area contributed by atoms with Crippen LogP contribution in [0.5, 0.6) is 0 Å². The van der Waals surface area contributed by atoms with E-state index < -0.39 is 0 Å². The van der Waals surface area contributed by atoms with Crippen LogP contribution < -0.4 is 5.56 Å². The molecular weight excluding hydrogens is 276 g/mol. The summed E-state index contributed by atoms with van der Waals surface area (Å²) >= 11 is 1.48.